The van der Waals surface area contributed by atoms with Crippen LogP contribution in [0.2, 0.25) is 0 Å². The van der Waals surface area contributed by atoms with Crippen molar-refractivity contribution in [1.82, 2.24) is 29.6 Å². The van der Waals surface area contributed by atoms with E-state index < -0.39 is 0 Å². The zero-order valence-corrected chi connectivity index (χ0v) is 13.5. The largest absolute Gasteiger partial charge is 0.366 e. The molecule has 0 unspecified atom stereocenters. The van der Waals surface area contributed by atoms with Gasteiger partial charge in [0.2, 0.25) is 5.91 Å². The lowest BCUT2D eigenvalue weighted by Gasteiger charge is -2.33. The lowest BCUT2D eigenvalue weighted by molar-refractivity contribution is -0.142. The van der Waals surface area contributed by atoms with Crippen molar-refractivity contribution in [3.8, 4) is 0 Å². The number of rotatable bonds is 5. The number of H-pyrrole nitrogens is 1. The Morgan fingerprint density at radius 3 is 3.17 bits per heavy atom. The van der Waals surface area contributed by atoms with Crippen molar-refractivity contribution in [2.24, 2.45) is 0 Å². The molecule has 3 rings (SSSR count). The predicted molar refractivity (Wildman–Crippen MR) is 82.6 cm³/mol. The first-order valence-electron chi connectivity index (χ1n) is 7.98. The lowest BCUT2D eigenvalue weighted by atomic mass is 10.2. The van der Waals surface area contributed by atoms with E-state index in [9.17, 15) is 4.79 Å². The molecule has 0 spiro atoms. The second-order valence-electron chi connectivity index (χ2n) is 5.72. The number of carbonyl (C=O) groups is 1. The second kappa shape index (κ2) is 6.91. The minimum Gasteiger partial charge on any atom is -0.366 e. The molecule has 1 aliphatic heterocycles. The normalized spacial score (nSPS) is 19.7. The fourth-order valence-corrected chi connectivity index (χ4v) is 2.70. The zero-order chi connectivity index (χ0) is 16.2. The number of hydrogen-bond acceptors (Lipinski definition) is 5. The minimum absolute atomic E-state index is 0.0561. The second-order valence-corrected chi connectivity index (χ2v) is 5.72. The molecule has 124 valence electrons. The van der Waals surface area contributed by atoms with E-state index in [1.807, 2.05) is 11.8 Å². The summed E-state index contributed by atoms with van der Waals surface area (Å²) < 4.78 is 7.55. The summed E-state index contributed by atoms with van der Waals surface area (Å²) in [5, 5.41) is 7.17. The highest BCUT2D eigenvalue weighted by atomic mass is 16.5. The number of ether oxygens (including phenoxy) is 1. The molecular weight excluding hydrogens is 296 g/mol. The standard InChI is InChI=1S/C15H22N6O2/c1-3-4-13-17-14(19-18-13)12-9-20(7-8-23-12)15(22)11(2)21-6-5-16-10-21/h5-6,10-12H,3-4,7-9H2,1-2H3,(H,17,18,19)/t11-,12-/m1/s1. The van der Waals surface area contributed by atoms with Crippen LogP contribution < -0.4 is 0 Å². The van der Waals surface area contributed by atoms with E-state index in [1.165, 1.54) is 0 Å². The fraction of sp³-hybridized carbons (Fsp3) is 0.600. The number of aryl methyl sites for hydroxylation is 1. The highest BCUT2D eigenvalue weighted by Gasteiger charge is 2.30. The van der Waals surface area contributed by atoms with Crippen LogP contribution in [0.3, 0.4) is 0 Å². The van der Waals surface area contributed by atoms with Gasteiger partial charge in [-0.05, 0) is 13.3 Å². The number of morpholine rings is 1. The molecule has 0 bridgehead atoms. The molecule has 1 aliphatic rings. The van der Waals surface area contributed by atoms with Crippen LogP contribution in [0.4, 0.5) is 0 Å². The van der Waals surface area contributed by atoms with Crippen molar-refractivity contribution in [1.29, 1.82) is 0 Å². The van der Waals surface area contributed by atoms with Gasteiger partial charge in [0.15, 0.2) is 5.82 Å². The van der Waals surface area contributed by atoms with Crippen molar-refractivity contribution in [2.75, 3.05) is 19.7 Å². The van der Waals surface area contributed by atoms with E-state index in [1.54, 1.807) is 23.3 Å². The van der Waals surface area contributed by atoms with Crippen molar-refractivity contribution in [3.63, 3.8) is 0 Å². The van der Waals surface area contributed by atoms with Crippen molar-refractivity contribution >= 4 is 5.91 Å². The van der Waals surface area contributed by atoms with Gasteiger partial charge < -0.3 is 14.2 Å². The van der Waals surface area contributed by atoms with Crippen LogP contribution in [0.5, 0.6) is 0 Å². The number of hydrogen-bond donors (Lipinski definition) is 1. The molecule has 1 fully saturated rings. The number of imidazole rings is 1. The van der Waals surface area contributed by atoms with E-state index in [-0.39, 0.29) is 18.1 Å². The summed E-state index contributed by atoms with van der Waals surface area (Å²) in [4.78, 5) is 22.9. The monoisotopic (exact) mass is 318 g/mol. The van der Waals surface area contributed by atoms with Gasteiger partial charge in [-0.25, -0.2) is 9.97 Å². The molecule has 2 atom stereocenters. The molecule has 8 nitrogen and oxygen atoms in total. The third-order valence-electron chi connectivity index (χ3n) is 4.03. The average molecular weight is 318 g/mol. The number of aromatic nitrogens is 5. The quantitative estimate of drug-likeness (QED) is 0.892. The van der Waals surface area contributed by atoms with Crippen LogP contribution in [-0.2, 0) is 16.0 Å². The molecule has 0 aromatic carbocycles. The number of nitrogens with zero attached hydrogens (tertiary/aromatic N) is 5. The molecule has 1 N–H and O–H groups in total. The predicted octanol–water partition coefficient (Wildman–Crippen LogP) is 1.11. The van der Waals surface area contributed by atoms with Crippen LogP contribution in [0.15, 0.2) is 18.7 Å². The molecule has 1 amide bonds. The SMILES string of the molecule is CCCc1nc([C@H]2CN(C(=O)[C@@H](C)n3ccnc3)CCO2)n[nH]1. The number of nitrogens with one attached hydrogen (secondary N) is 1. The maximum atomic E-state index is 12.7. The van der Waals surface area contributed by atoms with Crippen LogP contribution in [0.25, 0.3) is 0 Å². The molecule has 0 aliphatic carbocycles. The molecule has 2 aromatic rings. The summed E-state index contributed by atoms with van der Waals surface area (Å²) in [5.74, 6) is 1.54. The molecule has 0 saturated carbocycles. The minimum atomic E-state index is -0.279. The fourth-order valence-electron chi connectivity index (χ4n) is 2.70. The molecule has 3 heterocycles. The van der Waals surface area contributed by atoms with Gasteiger partial charge in [-0.1, -0.05) is 6.92 Å². The first-order valence-corrected chi connectivity index (χ1v) is 7.98. The average Bonchev–Trinajstić information content (AvgIpc) is 3.26. The van der Waals surface area contributed by atoms with E-state index in [4.69, 9.17) is 4.74 Å². The van der Waals surface area contributed by atoms with Crippen LogP contribution >= 0.6 is 0 Å². The third-order valence-corrected chi connectivity index (χ3v) is 4.03. The van der Waals surface area contributed by atoms with Gasteiger partial charge in [0.25, 0.3) is 0 Å². The van der Waals surface area contributed by atoms with Crippen LogP contribution in [0, 0.1) is 0 Å². The maximum Gasteiger partial charge on any atom is 0.245 e. The smallest absolute Gasteiger partial charge is 0.245 e. The summed E-state index contributed by atoms with van der Waals surface area (Å²) in [5.41, 5.74) is 0. The topological polar surface area (TPSA) is 88.9 Å². The summed E-state index contributed by atoms with van der Waals surface area (Å²) in [7, 11) is 0. The van der Waals surface area contributed by atoms with Crippen molar-refractivity contribution in [2.45, 2.75) is 38.8 Å². The summed E-state index contributed by atoms with van der Waals surface area (Å²) >= 11 is 0. The third kappa shape index (κ3) is 3.42. The number of carbonyl (C=O) groups excluding carboxylic acids is 1. The van der Waals surface area contributed by atoms with Gasteiger partial charge in [0.1, 0.15) is 18.0 Å². The van der Waals surface area contributed by atoms with Crippen LogP contribution in [-0.4, -0.2) is 55.2 Å². The Bertz CT molecular complexity index is 638. The first kappa shape index (κ1) is 15.7. The Morgan fingerprint density at radius 1 is 1.57 bits per heavy atom. The first-order chi connectivity index (χ1) is 11.2. The number of amides is 1. The van der Waals surface area contributed by atoms with Gasteiger partial charge >= 0.3 is 0 Å². The Labute approximate surface area is 134 Å². The zero-order valence-electron chi connectivity index (χ0n) is 13.5. The van der Waals surface area contributed by atoms with E-state index >= 15 is 0 Å². The summed E-state index contributed by atoms with van der Waals surface area (Å²) in [6.45, 7) is 5.52. The Kier molecular flexibility index (Phi) is 4.71. The summed E-state index contributed by atoms with van der Waals surface area (Å²) in [6, 6.07) is -0.279. The highest BCUT2D eigenvalue weighted by molar-refractivity contribution is 5.80. The van der Waals surface area contributed by atoms with Gasteiger partial charge in [-0.3, -0.25) is 9.89 Å². The Morgan fingerprint density at radius 2 is 2.43 bits per heavy atom. The van der Waals surface area contributed by atoms with Crippen LogP contribution in [0.1, 0.15) is 44.1 Å². The number of aromatic amines is 1. The maximum absolute atomic E-state index is 12.7. The Hall–Kier alpha value is -2.22. The highest BCUT2D eigenvalue weighted by Crippen LogP contribution is 2.21. The van der Waals surface area contributed by atoms with Crippen molar-refractivity contribution < 1.29 is 9.53 Å². The molecular formula is C15H22N6O2. The van der Waals surface area contributed by atoms with Gasteiger partial charge in [-0.15, -0.1) is 0 Å². The Balaban J connectivity index is 1.66. The van der Waals surface area contributed by atoms with Gasteiger partial charge in [0.05, 0.1) is 19.5 Å². The molecule has 0 radical (unpaired) electrons. The van der Waals surface area contributed by atoms with E-state index in [0.29, 0.717) is 25.5 Å². The van der Waals surface area contributed by atoms with E-state index in [2.05, 4.69) is 27.1 Å². The molecule has 23 heavy (non-hydrogen) atoms. The van der Waals surface area contributed by atoms with Gasteiger partial charge in [0, 0.05) is 25.4 Å². The lowest BCUT2D eigenvalue weighted by Crippen LogP contribution is -2.45. The molecule has 2 aromatic heterocycles. The molecule has 1 saturated heterocycles. The molecule has 8 heteroatoms. The van der Waals surface area contributed by atoms with E-state index in [0.717, 1.165) is 18.7 Å². The van der Waals surface area contributed by atoms with Gasteiger partial charge in [-0.2, -0.15) is 5.10 Å². The van der Waals surface area contributed by atoms with Crippen molar-refractivity contribution in [3.05, 3.63) is 30.4 Å². The summed E-state index contributed by atoms with van der Waals surface area (Å²) in [6.07, 6.45) is 6.73.